The summed E-state index contributed by atoms with van der Waals surface area (Å²) in [5.74, 6) is -0.368. The lowest BCUT2D eigenvalue weighted by Crippen LogP contribution is -2.49. The van der Waals surface area contributed by atoms with E-state index in [9.17, 15) is 19.6 Å². The molecule has 35 heavy (non-hydrogen) atoms. The number of aliphatic carboxylic acids is 1. The molecule has 1 aliphatic heterocycles. The van der Waals surface area contributed by atoms with Crippen molar-refractivity contribution < 1.29 is 14.3 Å². The zero-order valence-corrected chi connectivity index (χ0v) is 20.2. The number of carboxylic acids is 1. The van der Waals surface area contributed by atoms with Gasteiger partial charge in [0.15, 0.2) is 5.82 Å². The zero-order valence-electron chi connectivity index (χ0n) is 19.5. The van der Waals surface area contributed by atoms with Gasteiger partial charge in [0.05, 0.1) is 22.1 Å². The minimum absolute atomic E-state index is 0.0740. The van der Waals surface area contributed by atoms with Crippen LogP contribution in [0.1, 0.15) is 42.3 Å². The number of anilines is 2. The molecule has 2 atom stereocenters. The van der Waals surface area contributed by atoms with Crippen LogP contribution in [0.3, 0.4) is 0 Å². The first-order valence-corrected chi connectivity index (χ1v) is 11.7. The molecule has 2 aromatic heterocycles. The largest absolute Gasteiger partial charge is 0.481 e. The average molecular weight is 497 g/mol. The van der Waals surface area contributed by atoms with E-state index < -0.39 is 17.2 Å². The van der Waals surface area contributed by atoms with E-state index in [1.165, 1.54) is 6.07 Å². The van der Waals surface area contributed by atoms with Crippen LogP contribution >= 0.6 is 11.6 Å². The zero-order chi connectivity index (χ0) is 25.2. The monoisotopic (exact) mass is 496 g/mol. The summed E-state index contributed by atoms with van der Waals surface area (Å²) >= 11 is 5.92. The van der Waals surface area contributed by atoms with Crippen LogP contribution in [0.4, 0.5) is 16.0 Å². The fourth-order valence-electron chi connectivity index (χ4n) is 4.70. The Morgan fingerprint density at radius 2 is 2.20 bits per heavy atom. The maximum absolute atomic E-state index is 14.4. The predicted molar refractivity (Wildman–Crippen MR) is 130 cm³/mol. The van der Waals surface area contributed by atoms with Gasteiger partial charge in [-0.3, -0.25) is 14.8 Å². The normalized spacial score (nSPS) is 20.4. The number of benzene rings is 1. The second-order valence-corrected chi connectivity index (χ2v) is 9.56. The summed E-state index contributed by atoms with van der Waals surface area (Å²) in [5.41, 5.74) is 1.20. The Morgan fingerprint density at radius 3 is 2.86 bits per heavy atom. The number of aryl methyl sites for hydroxylation is 1. The molecule has 0 spiro atoms. The van der Waals surface area contributed by atoms with Gasteiger partial charge in [-0.25, -0.2) is 9.37 Å². The molecule has 0 unspecified atom stereocenters. The number of carbonyl (C=O) groups is 1. The minimum Gasteiger partial charge on any atom is -0.481 e. The van der Waals surface area contributed by atoms with Crippen LogP contribution in [-0.2, 0) is 17.8 Å². The van der Waals surface area contributed by atoms with Crippen LogP contribution in [0.2, 0.25) is 5.02 Å². The van der Waals surface area contributed by atoms with Crippen molar-refractivity contribution in [3.63, 3.8) is 0 Å². The molecule has 3 aromatic rings. The number of hydrogen-bond acceptors (Lipinski definition) is 6. The molecule has 0 amide bonds. The van der Waals surface area contributed by atoms with Crippen molar-refractivity contribution in [2.75, 3.05) is 11.9 Å². The first-order valence-electron chi connectivity index (χ1n) is 11.3. The number of nitrogens with one attached hydrogen (secondary N) is 2. The molecule has 1 aromatic carbocycles. The van der Waals surface area contributed by atoms with Gasteiger partial charge in [0.2, 0.25) is 0 Å². The molecule has 0 radical (unpaired) electrons. The summed E-state index contributed by atoms with van der Waals surface area (Å²) < 4.78 is 14.4. The number of likely N-dealkylation sites (tertiary alicyclic amines) is 1. The lowest BCUT2D eigenvalue weighted by Gasteiger charge is -2.43. The fourth-order valence-corrected chi connectivity index (χ4v) is 4.89. The standard InChI is InChI=1S/C25H26ClFN6O2/c1-15-8-22(32-31-15)30-21-10-17(13-28)9-19(29-21)12-25(24(34)35)6-7-33(16(2)11-25)14-18-4-3-5-20(26)23(18)27/h3-5,8-10,16H,6-7,11-12,14H2,1-2H3,(H,34,35)(H2,29,30,31,32)/t16-,25-/m1/s1. The van der Waals surface area contributed by atoms with Crippen molar-refractivity contribution in [3.05, 3.63) is 69.8 Å². The summed E-state index contributed by atoms with van der Waals surface area (Å²) in [6, 6.07) is 12.0. The van der Waals surface area contributed by atoms with E-state index in [1.807, 2.05) is 13.8 Å². The SMILES string of the molecule is Cc1cc(Nc2cc(C#N)cc(C[C@@]3(C(=O)O)CCN(Cc4cccc(Cl)c4F)[C@H](C)C3)n2)n[nH]1. The van der Waals surface area contributed by atoms with Crippen LogP contribution in [0.15, 0.2) is 36.4 Å². The van der Waals surface area contributed by atoms with Crippen LogP contribution in [0.5, 0.6) is 0 Å². The molecule has 1 fully saturated rings. The highest BCUT2D eigenvalue weighted by molar-refractivity contribution is 6.30. The number of nitrogens with zero attached hydrogens (tertiary/aromatic N) is 4. The lowest BCUT2D eigenvalue weighted by molar-refractivity contribution is -0.153. The van der Waals surface area contributed by atoms with E-state index in [0.29, 0.717) is 54.4 Å². The number of nitriles is 1. The second kappa shape index (κ2) is 10.0. The molecule has 3 N–H and O–H groups in total. The van der Waals surface area contributed by atoms with Crippen molar-refractivity contribution in [2.45, 2.75) is 45.7 Å². The highest BCUT2D eigenvalue weighted by Gasteiger charge is 2.44. The molecule has 8 nitrogen and oxygen atoms in total. The van der Waals surface area contributed by atoms with Crippen molar-refractivity contribution in [1.82, 2.24) is 20.1 Å². The third-order valence-corrected chi connectivity index (χ3v) is 6.83. The number of H-pyrrole nitrogens is 1. The molecule has 182 valence electrons. The van der Waals surface area contributed by atoms with Crippen LogP contribution < -0.4 is 5.32 Å². The molecule has 1 aliphatic rings. The van der Waals surface area contributed by atoms with Crippen LogP contribution in [-0.4, -0.2) is 43.7 Å². The van der Waals surface area contributed by atoms with Crippen molar-refractivity contribution in [2.24, 2.45) is 5.41 Å². The predicted octanol–water partition coefficient (Wildman–Crippen LogP) is 4.82. The highest BCUT2D eigenvalue weighted by Crippen LogP contribution is 2.39. The summed E-state index contributed by atoms with van der Waals surface area (Å²) in [6.07, 6.45) is 0.911. The molecule has 0 saturated carbocycles. The van der Waals surface area contributed by atoms with Gasteiger partial charge < -0.3 is 10.4 Å². The smallest absolute Gasteiger partial charge is 0.310 e. The second-order valence-electron chi connectivity index (χ2n) is 9.15. The Kier molecular flexibility index (Phi) is 7.05. The Balaban J connectivity index is 1.54. The van der Waals surface area contributed by atoms with E-state index in [4.69, 9.17) is 11.6 Å². The van der Waals surface area contributed by atoms with Crippen LogP contribution in [0, 0.1) is 29.5 Å². The van der Waals surface area contributed by atoms with Gasteiger partial charge in [0, 0.05) is 42.0 Å². The van der Waals surface area contributed by atoms with Gasteiger partial charge in [-0.1, -0.05) is 23.7 Å². The first kappa shape index (κ1) is 24.6. The summed E-state index contributed by atoms with van der Waals surface area (Å²) in [4.78, 5) is 19.2. The Bertz CT molecular complexity index is 1290. The quantitative estimate of drug-likeness (QED) is 0.429. The summed E-state index contributed by atoms with van der Waals surface area (Å²) in [5, 5.41) is 29.8. The molecule has 10 heteroatoms. The van der Waals surface area contributed by atoms with Crippen molar-refractivity contribution in [3.8, 4) is 6.07 Å². The Labute approximate surface area is 207 Å². The van der Waals surface area contributed by atoms with E-state index >= 15 is 0 Å². The third-order valence-electron chi connectivity index (χ3n) is 6.53. The number of hydrogen-bond donors (Lipinski definition) is 3. The minimum atomic E-state index is -1.05. The van der Waals surface area contributed by atoms with Gasteiger partial charge in [-0.15, -0.1) is 0 Å². The van der Waals surface area contributed by atoms with Gasteiger partial charge in [-0.05, 0) is 51.4 Å². The van der Waals surface area contributed by atoms with Gasteiger partial charge in [0.25, 0.3) is 0 Å². The maximum atomic E-state index is 14.4. The molecule has 0 bridgehead atoms. The molecule has 0 aliphatic carbocycles. The summed E-state index contributed by atoms with van der Waals surface area (Å²) in [6.45, 7) is 4.65. The van der Waals surface area contributed by atoms with Crippen LogP contribution in [0.25, 0.3) is 0 Å². The number of piperidine rings is 1. The van der Waals surface area contributed by atoms with E-state index in [-0.39, 0.29) is 17.5 Å². The number of carboxylic acid groups (broad SMARTS) is 1. The molecule has 4 rings (SSSR count). The fraction of sp³-hybridized carbons (Fsp3) is 0.360. The Hall–Kier alpha value is -3.48. The van der Waals surface area contributed by atoms with E-state index in [2.05, 4.69) is 31.5 Å². The lowest BCUT2D eigenvalue weighted by atomic mass is 9.72. The van der Waals surface area contributed by atoms with Gasteiger partial charge in [-0.2, -0.15) is 10.4 Å². The van der Waals surface area contributed by atoms with Gasteiger partial charge in [0.1, 0.15) is 11.6 Å². The molecular formula is C25H26ClFN6O2. The summed E-state index contributed by atoms with van der Waals surface area (Å²) in [7, 11) is 0. The van der Waals surface area contributed by atoms with Crippen molar-refractivity contribution in [1.29, 1.82) is 5.26 Å². The van der Waals surface area contributed by atoms with E-state index in [1.54, 1.807) is 30.3 Å². The maximum Gasteiger partial charge on any atom is 0.310 e. The number of halogens is 2. The number of pyridine rings is 1. The first-order chi connectivity index (χ1) is 16.7. The van der Waals surface area contributed by atoms with Gasteiger partial charge >= 0.3 is 5.97 Å². The number of aromatic nitrogens is 3. The molecule has 3 heterocycles. The average Bonchev–Trinajstić information content (AvgIpc) is 3.22. The number of rotatable bonds is 7. The highest BCUT2D eigenvalue weighted by atomic mass is 35.5. The topological polar surface area (TPSA) is 118 Å². The third kappa shape index (κ3) is 5.45. The molecule has 1 saturated heterocycles. The number of aromatic amines is 1. The van der Waals surface area contributed by atoms with E-state index in [0.717, 1.165) is 5.69 Å². The van der Waals surface area contributed by atoms with Crippen molar-refractivity contribution >= 4 is 29.2 Å². The molecular weight excluding hydrogens is 471 g/mol. The Morgan fingerprint density at radius 1 is 1.40 bits per heavy atom.